The van der Waals surface area contributed by atoms with Crippen LogP contribution in [0.5, 0.6) is 0 Å². The maximum atomic E-state index is 12.4. The van der Waals surface area contributed by atoms with Gasteiger partial charge in [0.05, 0.1) is 5.84 Å². The van der Waals surface area contributed by atoms with Gasteiger partial charge in [0.15, 0.2) is 0 Å². The van der Waals surface area contributed by atoms with E-state index in [1.807, 2.05) is 13.8 Å². The largest absolute Gasteiger partial charge is 0.478 e. The van der Waals surface area contributed by atoms with Crippen LogP contribution in [0, 0.1) is 5.92 Å². The van der Waals surface area contributed by atoms with Crippen molar-refractivity contribution in [1.29, 1.82) is 0 Å². The second-order valence-electron chi connectivity index (χ2n) is 4.38. The first-order valence-corrected chi connectivity index (χ1v) is 5.78. The summed E-state index contributed by atoms with van der Waals surface area (Å²) >= 11 is 0. The topological polar surface area (TPSA) is 48.5 Å². The molecule has 0 saturated heterocycles. The summed E-state index contributed by atoms with van der Waals surface area (Å²) in [7, 11) is 0. The molecule has 19 heavy (non-hydrogen) atoms. The second kappa shape index (κ2) is 6.36. The smallest absolute Gasteiger partial charge is 0.408 e. The van der Waals surface area contributed by atoms with E-state index in [9.17, 15) is 13.2 Å². The van der Waals surface area contributed by atoms with E-state index in [4.69, 9.17) is 5.73 Å². The van der Waals surface area contributed by atoms with Gasteiger partial charge in [0.25, 0.3) is 0 Å². The Morgan fingerprint density at radius 2 is 1.79 bits per heavy atom. The Morgan fingerprint density at radius 1 is 1.21 bits per heavy atom. The van der Waals surface area contributed by atoms with Gasteiger partial charge in [-0.05, 0) is 11.5 Å². The Balaban J connectivity index is 3.11. The van der Waals surface area contributed by atoms with E-state index in [1.54, 1.807) is 30.3 Å². The molecule has 0 saturated carbocycles. The van der Waals surface area contributed by atoms with E-state index in [0.717, 1.165) is 0 Å². The number of rotatable bonds is 3. The van der Waals surface area contributed by atoms with Crippen molar-refractivity contribution in [3.8, 4) is 0 Å². The highest BCUT2D eigenvalue weighted by atomic mass is 19.4. The number of nitrogens with one attached hydrogen (secondary N) is 1. The van der Waals surface area contributed by atoms with Crippen molar-refractivity contribution in [3.63, 3.8) is 0 Å². The molecular formula is C13H15F3N3-. The van der Waals surface area contributed by atoms with Gasteiger partial charge in [-0.3, -0.25) is 4.99 Å². The van der Waals surface area contributed by atoms with Crippen molar-refractivity contribution in [1.82, 2.24) is 0 Å². The highest BCUT2D eigenvalue weighted by Gasteiger charge is 2.27. The number of hydrogen-bond donors (Lipinski definition) is 0. The normalized spacial score (nSPS) is 14.0. The lowest BCUT2D eigenvalue weighted by Crippen LogP contribution is -2.20. The molecule has 0 aliphatic heterocycles. The zero-order chi connectivity index (χ0) is 14.5. The standard InChI is InChI=1S/C13H15F3N3/c1-9(2)8-18-11(10-6-4-3-5-7-10)19-12(17)13(14,15)16/h3-7,9H,8H2,1-2H3,(H-,17,18,19)/q-1. The average Bonchev–Trinajstić information content (AvgIpc) is 2.33. The van der Waals surface area contributed by atoms with E-state index in [2.05, 4.69) is 9.98 Å². The fourth-order valence-electron chi connectivity index (χ4n) is 1.22. The van der Waals surface area contributed by atoms with Crippen LogP contribution in [0.3, 0.4) is 0 Å². The van der Waals surface area contributed by atoms with Crippen LogP contribution >= 0.6 is 0 Å². The van der Waals surface area contributed by atoms with Crippen LogP contribution in [0.1, 0.15) is 19.4 Å². The third-order valence-electron chi connectivity index (χ3n) is 2.12. The summed E-state index contributed by atoms with van der Waals surface area (Å²) in [5.74, 6) is -1.50. The molecule has 0 aliphatic rings. The molecule has 104 valence electrons. The van der Waals surface area contributed by atoms with E-state index >= 15 is 0 Å². The molecular weight excluding hydrogens is 255 g/mol. The van der Waals surface area contributed by atoms with Crippen LogP contribution in [0.2, 0.25) is 0 Å². The third kappa shape index (κ3) is 5.11. The number of aliphatic imine (C=N–C) groups is 2. The number of alkyl halides is 3. The number of amidine groups is 2. The van der Waals surface area contributed by atoms with Crippen LogP contribution in [0.4, 0.5) is 13.2 Å². The lowest BCUT2D eigenvalue weighted by molar-refractivity contribution is -0.0575. The van der Waals surface area contributed by atoms with Gasteiger partial charge in [-0.25, -0.2) is 0 Å². The minimum atomic E-state index is -4.76. The van der Waals surface area contributed by atoms with E-state index in [-0.39, 0.29) is 11.8 Å². The minimum Gasteiger partial charge on any atom is -0.478 e. The van der Waals surface area contributed by atoms with Gasteiger partial charge in [0.2, 0.25) is 0 Å². The number of hydrogen-bond acceptors (Lipinski definition) is 1. The maximum absolute atomic E-state index is 12.4. The molecule has 0 heterocycles. The molecule has 1 N–H and O–H groups in total. The van der Waals surface area contributed by atoms with E-state index < -0.39 is 12.0 Å². The van der Waals surface area contributed by atoms with Gasteiger partial charge >= 0.3 is 6.18 Å². The summed E-state index contributed by atoms with van der Waals surface area (Å²) in [5.41, 5.74) is 7.40. The summed E-state index contributed by atoms with van der Waals surface area (Å²) in [6.07, 6.45) is -4.76. The predicted octanol–water partition coefficient (Wildman–Crippen LogP) is 4.10. The minimum absolute atomic E-state index is 0.0587. The summed E-state index contributed by atoms with van der Waals surface area (Å²) < 4.78 is 37.1. The Bertz CT molecular complexity index is 462. The lowest BCUT2D eigenvalue weighted by Gasteiger charge is -2.16. The Hall–Kier alpha value is -1.85. The molecule has 0 fully saturated rings. The molecule has 6 heteroatoms. The van der Waals surface area contributed by atoms with Crippen LogP contribution in [-0.4, -0.2) is 24.4 Å². The van der Waals surface area contributed by atoms with Gasteiger partial charge < -0.3 is 10.7 Å². The van der Waals surface area contributed by atoms with Crippen molar-refractivity contribution in [2.24, 2.45) is 15.9 Å². The zero-order valence-corrected chi connectivity index (χ0v) is 10.7. The maximum Gasteiger partial charge on any atom is 0.408 e. The first-order valence-electron chi connectivity index (χ1n) is 5.78. The van der Waals surface area contributed by atoms with E-state index in [0.29, 0.717) is 12.1 Å². The summed E-state index contributed by atoms with van der Waals surface area (Å²) in [5, 5.41) is 0. The summed E-state index contributed by atoms with van der Waals surface area (Å²) in [6.45, 7) is 4.17. The summed E-state index contributed by atoms with van der Waals surface area (Å²) in [6, 6.07) is 8.36. The Labute approximate surface area is 110 Å². The highest BCUT2D eigenvalue weighted by Crippen LogP contribution is 2.18. The number of benzene rings is 1. The van der Waals surface area contributed by atoms with Gasteiger partial charge in [-0.2, -0.15) is 13.2 Å². The number of halogens is 3. The average molecular weight is 270 g/mol. The zero-order valence-electron chi connectivity index (χ0n) is 10.7. The number of nitrogens with zero attached hydrogens (tertiary/aromatic N) is 2. The van der Waals surface area contributed by atoms with Crippen LogP contribution in [0.25, 0.3) is 5.73 Å². The molecule has 1 aromatic rings. The fraction of sp³-hybridized carbons (Fsp3) is 0.385. The molecule has 1 rings (SSSR count). The molecule has 1 aromatic carbocycles. The molecule has 0 aliphatic carbocycles. The molecule has 0 amide bonds. The first kappa shape index (κ1) is 15.2. The Morgan fingerprint density at radius 3 is 2.26 bits per heavy atom. The van der Waals surface area contributed by atoms with Crippen LogP contribution in [-0.2, 0) is 0 Å². The predicted molar refractivity (Wildman–Crippen MR) is 70.5 cm³/mol. The van der Waals surface area contributed by atoms with Gasteiger partial charge in [-0.15, -0.1) is 0 Å². The molecule has 0 bridgehead atoms. The van der Waals surface area contributed by atoms with Gasteiger partial charge in [-0.1, -0.05) is 44.2 Å². The monoisotopic (exact) mass is 270 g/mol. The molecule has 0 aromatic heterocycles. The summed E-state index contributed by atoms with van der Waals surface area (Å²) in [4.78, 5) is 7.35. The third-order valence-corrected chi connectivity index (χ3v) is 2.12. The molecule has 0 radical (unpaired) electrons. The Kier molecular flexibility index (Phi) is 5.09. The molecule has 3 nitrogen and oxygen atoms in total. The van der Waals surface area contributed by atoms with Crippen LogP contribution in [0.15, 0.2) is 40.3 Å². The van der Waals surface area contributed by atoms with Crippen LogP contribution < -0.4 is 0 Å². The molecule has 0 unspecified atom stereocenters. The SMILES string of the molecule is CC(C)CN=C(N=C([NH-])C(F)(F)F)c1ccccc1. The van der Waals surface area contributed by atoms with Gasteiger partial charge in [0.1, 0.15) is 0 Å². The first-order chi connectivity index (χ1) is 8.80. The van der Waals surface area contributed by atoms with Gasteiger partial charge in [0, 0.05) is 12.4 Å². The second-order valence-corrected chi connectivity index (χ2v) is 4.38. The van der Waals surface area contributed by atoms with Crippen molar-refractivity contribution >= 4 is 11.7 Å². The van der Waals surface area contributed by atoms with Crippen molar-refractivity contribution in [2.75, 3.05) is 6.54 Å². The van der Waals surface area contributed by atoms with Crippen molar-refractivity contribution in [3.05, 3.63) is 41.6 Å². The highest BCUT2D eigenvalue weighted by molar-refractivity contribution is 6.10. The van der Waals surface area contributed by atoms with Crippen molar-refractivity contribution < 1.29 is 13.2 Å². The molecule has 0 spiro atoms. The lowest BCUT2D eigenvalue weighted by atomic mass is 10.2. The van der Waals surface area contributed by atoms with Crippen molar-refractivity contribution in [2.45, 2.75) is 20.0 Å². The molecule has 0 atom stereocenters. The fourth-order valence-corrected chi connectivity index (χ4v) is 1.22. The quantitative estimate of drug-likeness (QED) is 0.586. The van der Waals surface area contributed by atoms with E-state index in [1.165, 1.54) is 0 Å².